The van der Waals surface area contributed by atoms with Crippen LogP contribution in [0.15, 0.2) is 43.0 Å². The van der Waals surface area contributed by atoms with E-state index in [2.05, 4.69) is 37.0 Å². The summed E-state index contributed by atoms with van der Waals surface area (Å²) in [7, 11) is 0. The summed E-state index contributed by atoms with van der Waals surface area (Å²) in [5, 5.41) is 3.42. The molecule has 21 heavy (non-hydrogen) atoms. The minimum atomic E-state index is 0. The zero-order valence-corrected chi connectivity index (χ0v) is 11.8. The maximum Gasteiger partial charge on any atom is 0.129 e. The predicted molar refractivity (Wildman–Crippen MR) is 91.0 cm³/mol. The standard InChI is InChI=1S/C18H19NO.CH4/c1-3-15-13(2)16-9-10-19-17(16)11-18(15)20-12-14-7-5-4-6-8-14;/h3-8,11,19H,1,9-10,12H2,2H3;1H4. The molecule has 0 radical (unpaired) electrons. The van der Waals surface area contributed by atoms with E-state index in [1.807, 2.05) is 24.3 Å². The first-order chi connectivity index (χ1) is 9.79. The molecule has 1 aliphatic rings. The molecule has 0 aromatic heterocycles. The highest BCUT2D eigenvalue weighted by Crippen LogP contribution is 2.35. The molecule has 0 atom stereocenters. The van der Waals surface area contributed by atoms with Crippen LogP contribution in [0.4, 0.5) is 5.69 Å². The van der Waals surface area contributed by atoms with E-state index in [1.165, 1.54) is 22.4 Å². The van der Waals surface area contributed by atoms with E-state index in [-0.39, 0.29) is 7.43 Å². The van der Waals surface area contributed by atoms with Gasteiger partial charge in [0.2, 0.25) is 0 Å². The molecule has 0 bridgehead atoms. The first kappa shape index (κ1) is 15.2. The second kappa shape index (κ2) is 6.49. The number of benzene rings is 2. The van der Waals surface area contributed by atoms with Crippen molar-refractivity contribution in [2.45, 2.75) is 27.4 Å². The predicted octanol–water partition coefficient (Wildman–Crippen LogP) is 4.82. The van der Waals surface area contributed by atoms with Crippen molar-refractivity contribution >= 4 is 11.8 Å². The highest BCUT2D eigenvalue weighted by Gasteiger charge is 2.18. The van der Waals surface area contributed by atoms with E-state index in [9.17, 15) is 0 Å². The molecule has 0 aliphatic carbocycles. The van der Waals surface area contributed by atoms with Crippen molar-refractivity contribution in [3.63, 3.8) is 0 Å². The number of rotatable bonds is 4. The molecule has 3 rings (SSSR count). The van der Waals surface area contributed by atoms with Gasteiger partial charge in [0.05, 0.1) is 0 Å². The first-order valence-corrected chi connectivity index (χ1v) is 6.99. The van der Waals surface area contributed by atoms with Crippen LogP contribution < -0.4 is 10.1 Å². The maximum absolute atomic E-state index is 6.01. The van der Waals surface area contributed by atoms with Crippen molar-refractivity contribution in [2.75, 3.05) is 11.9 Å². The highest BCUT2D eigenvalue weighted by atomic mass is 16.5. The highest BCUT2D eigenvalue weighted by molar-refractivity contribution is 5.71. The van der Waals surface area contributed by atoms with Gasteiger partial charge in [-0.3, -0.25) is 0 Å². The number of hydrogen-bond donors (Lipinski definition) is 1. The molecule has 2 heteroatoms. The fourth-order valence-corrected chi connectivity index (χ4v) is 2.76. The molecule has 1 N–H and O–H groups in total. The summed E-state index contributed by atoms with van der Waals surface area (Å²) in [6, 6.07) is 12.3. The fourth-order valence-electron chi connectivity index (χ4n) is 2.76. The van der Waals surface area contributed by atoms with Crippen LogP contribution in [0.3, 0.4) is 0 Å². The number of nitrogens with one attached hydrogen (secondary N) is 1. The van der Waals surface area contributed by atoms with Gasteiger partial charge in [0, 0.05) is 23.9 Å². The third kappa shape index (κ3) is 2.94. The van der Waals surface area contributed by atoms with Gasteiger partial charge in [-0.2, -0.15) is 0 Å². The summed E-state index contributed by atoms with van der Waals surface area (Å²) in [5.74, 6) is 0.912. The topological polar surface area (TPSA) is 21.3 Å². The van der Waals surface area contributed by atoms with Crippen molar-refractivity contribution in [2.24, 2.45) is 0 Å². The Balaban J connectivity index is 0.00000161. The number of ether oxygens (including phenoxy) is 1. The molecule has 0 spiro atoms. The van der Waals surface area contributed by atoms with E-state index in [4.69, 9.17) is 4.74 Å². The lowest BCUT2D eigenvalue weighted by Crippen LogP contribution is -2.00. The number of hydrogen-bond acceptors (Lipinski definition) is 2. The molecule has 0 saturated heterocycles. The van der Waals surface area contributed by atoms with Crippen LogP contribution in [0.2, 0.25) is 0 Å². The first-order valence-electron chi connectivity index (χ1n) is 6.99. The third-order valence-corrected chi connectivity index (χ3v) is 3.85. The second-order valence-corrected chi connectivity index (χ2v) is 5.09. The van der Waals surface area contributed by atoms with Crippen molar-refractivity contribution in [3.05, 3.63) is 65.2 Å². The molecule has 1 heterocycles. The Kier molecular flexibility index (Phi) is 4.69. The average molecular weight is 281 g/mol. The largest absolute Gasteiger partial charge is 0.488 e. The van der Waals surface area contributed by atoms with E-state index < -0.39 is 0 Å². The summed E-state index contributed by atoms with van der Waals surface area (Å²) in [4.78, 5) is 0. The Labute approximate surface area is 127 Å². The van der Waals surface area contributed by atoms with E-state index >= 15 is 0 Å². The summed E-state index contributed by atoms with van der Waals surface area (Å²) < 4.78 is 6.01. The van der Waals surface area contributed by atoms with Crippen molar-refractivity contribution in [3.8, 4) is 5.75 Å². The number of fused-ring (bicyclic) bond motifs is 1. The smallest absolute Gasteiger partial charge is 0.129 e. The molecule has 2 aromatic rings. The Hall–Kier alpha value is -2.22. The normalized spacial score (nSPS) is 12.0. The lowest BCUT2D eigenvalue weighted by Gasteiger charge is -2.15. The molecular weight excluding hydrogens is 258 g/mol. The van der Waals surface area contributed by atoms with Crippen LogP contribution in [-0.4, -0.2) is 6.54 Å². The summed E-state index contributed by atoms with van der Waals surface area (Å²) >= 11 is 0. The monoisotopic (exact) mass is 281 g/mol. The van der Waals surface area contributed by atoms with Gasteiger partial charge in [0.15, 0.2) is 0 Å². The van der Waals surface area contributed by atoms with Gasteiger partial charge in [-0.15, -0.1) is 0 Å². The van der Waals surface area contributed by atoms with Crippen molar-refractivity contribution in [1.82, 2.24) is 0 Å². The molecule has 0 fully saturated rings. The Bertz CT molecular complexity index is 632. The Morgan fingerprint density at radius 1 is 1.29 bits per heavy atom. The van der Waals surface area contributed by atoms with Gasteiger partial charge in [0.1, 0.15) is 12.4 Å². The molecule has 0 unspecified atom stereocenters. The second-order valence-electron chi connectivity index (χ2n) is 5.09. The quantitative estimate of drug-likeness (QED) is 0.867. The molecule has 1 aliphatic heterocycles. The SMILES string of the molecule is C.C=Cc1c(OCc2ccccc2)cc2c(c1C)CCN2. The van der Waals surface area contributed by atoms with Gasteiger partial charge < -0.3 is 10.1 Å². The minimum absolute atomic E-state index is 0. The Morgan fingerprint density at radius 2 is 2.05 bits per heavy atom. The van der Waals surface area contributed by atoms with Crippen LogP contribution in [0.25, 0.3) is 6.08 Å². The Morgan fingerprint density at radius 3 is 2.76 bits per heavy atom. The van der Waals surface area contributed by atoms with Crippen molar-refractivity contribution < 1.29 is 4.74 Å². The number of anilines is 1. The van der Waals surface area contributed by atoms with Crippen LogP contribution in [-0.2, 0) is 13.0 Å². The fraction of sp³-hybridized carbons (Fsp3) is 0.263. The average Bonchev–Trinajstić information content (AvgIpc) is 2.95. The van der Waals surface area contributed by atoms with Crippen molar-refractivity contribution in [1.29, 1.82) is 0 Å². The zero-order valence-electron chi connectivity index (χ0n) is 11.8. The van der Waals surface area contributed by atoms with E-state index in [0.717, 1.165) is 24.3 Å². The maximum atomic E-state index is 6.01. The molecule has 0 amide bonds. The summed E-state index contributed by atoms with van der Waals surface area (Å²) in [6.45, 7) is 7.68. The van der Waals surface area contributed by atoms with Gasteiger partial charge in [-0.1, -0.05) is 50.4 Å². The minimum Gasteiger partial charge on any atom is -0.488 e. The molecule has 0 saturated carbocycles. The molecule has 110 valence electrons. The van der Waals surface area contributed by atoms with E-state index in [0.29, 0.717) is 6.61 Å². The van der Waals surface area contributed by atoms with Gasteiger partial charge in [-0.05, 0) is 30.0 Å². The van der Waals surface area contributed by atoms with Gasteiger partial charge in [0.25, 0.3) is 0 Å². The molecule has 2 aromatic carbocycles. The van der Waals surface area contributed by atoms with Gasteiger partial charge >= 0.3 is 0 Å². The summed E-state index contributed by atoms with van der Waals surface area (Å²) in [5.41, 5.74) is 6.17. The molecular formula is C19H23NO. The lowest BCUT2D eigenvalue weighted by molar-refractivity contribution is 0.305. The van der Waals surface area contributed by atoms with Crippen LogP contribution >= 0.6 is 0 Å². The third-order valence-electron chi connectivity index (χ3n) is 3.85. The van der Waals surface area contributed by atoms with Crippen LogP contribution in [0.1, 0.15) is 29.7 Å². The van der Waals surface area contributed by atoms with Crippen LogP contribution in [0, 0.1) is 6.92 Å². The zero-order chi connectivity index (χ0) is 13.9. The van der Waals surface area contributed by atoms with E-state index in [1.54, 1.807) is 0 Å². The lowest BCUT2D eigenvalue weighted by atomic mass is 9.99. The van der Waals surface area contributed by atoms with Crippen LogP contribution in [0.5, 0.6) is 5.75 Å². The molecule has 2 nitrogen and oxygen atoms in total. The van der Waals surface area contributed by atoms with Gasteiger partial charge in [-0.25, -0.2) is 0 Å². The summed E-state index contributed by atoms with van der Waals surface area (Å²) in [6.07, 6.45) is 2.98.